The smallest absolute Gasteiger partial charge is 0.261 e. The van der Waals surface area contributed by atoms with Crippen LogP contribution in [0.1, 0.15) is 18.1 Å². The monoisotopic (exact) mass is 371 g/mol. The van der Waals surface area contributed by atoms with Crippen molar-refractivity contribution in [2.75, 3.05) is 6.54 Å². The molecule has 2 aromatic carbocycles. The molecule has 23 heavy (non-hydrogen) atoms. The van der Waals surface area contributed by atoms with Gasteiger partial charge in [-0.05, 0) is 59.6 Å². The Morgan fingerprint density at radius 1 is 1.26 bits per heavy atom. The second kappa shape index (κ2) is 8.40. The van der Waals surface area contributed by atoms with Gasteiger partial charge >= 0.3 is 0 Å². The van der Waals surface area contributed by atoms with Crippen molar-refractivity contribution < 1.29 is 9.53 Å². The number of halogens is 1. The van der Waals surface area contributed by atoms with Gasteiger partial charge in [-0.15, -0.1) is 0 Å². The van der Waals surface area contributed by atoms with Crippen LogP contribution in [0, 0.1) is 18.8 Å². The van der Waals surface area contributed by atoms with Crippen molar-refractivity contribution in [1.29, 1.82) is 0 Å². The first-order valence-electron chi connectivity index (χ1n) is 7.30. The zero-order chi connectivity index (χ0) is 16.7. The van der Waals surface area contributed by atoms with Crippen LogP contribution in [0.2, 0.25) is 0 Å². The first-order chi connectivity index (χ1) is 11.1. The van der Waals surface area contributed by atoms with Gasteiger partial charge in [0, 0.05) is 5.56 Å². The van der Waals surface area contributed by atoms with Crippen LogP contribution in [-0.4, -0.2) is 18.6 Å². The predicted octanol–water partition coefficient (Wildman–Crippen LogP) is 3.69. The second-order valence-electron chi connectivity index (χ2n) is 5.08. The number of benzene rings is 2. The fourth-order valence-corrected chi connectivity index (χ4v) is 2.47. The number of carbonyl (C=O) groups excluding carboxylic acids is 1. The van der Waals surface area contributed by atoms with Crippen LogP contribution in [0.5, 0.6) is 5.75 Å². The van der Waals surface area contributed by atoms with Crippen LogP contribution in [-0.2, 0) is 4.79 Å². The number of carbonyl (C=O) groups is 1. The normalized spacial score (nSPS) is 11.1. The SMILES string of the molecule is Cc1ccc(OC(C)C(=O)NCC#Cc2ccccc2)c(Br)c1. The first-order valence-corrected chi connectivity index (χ1v) is 8.10. The molecule has 3 nitrogen and oxygen atoms in total. The molecular weight excluding hydrogens is 354 g/mol. The molecule has 1 unspecified atom stereocenters. The van der Waals surface area contributed by atoms with E-state index in [1.165, 1.54) is 0 Å². The summed E-state index contributed by atoms with van der Waals surface area (Å²) in [6.07, 6.45) is -0.590. The van der Waals surface area contributed by atoms with Gasteiger partial charge in [0.1, 0.15) is 5.75 Å². The summed E-state index contributed by atoms with van der Waals surface area (Å²) in [6, 6.07) is 15.4. The molecule has 2 aromatic rings. The molecule has 0 heterocycles. The third-order valence-corrected chi connectivity index (χ3v) is 3.74. The van der Waals surface area contributed by atoms with E-state index in [2.05, 4.69) is 33.1 Å². The molecule has 0 saturated carbocycles. The molecule has 4 heteroatoms. The van der Waals surface area contributed by atoms with Crippen molar-refractivity contribution in [2.45, 2.75) is 20.0 Å². The number of hydrogen-bond donors (Lipinski definition) is 1. The standard InChI is InChI=1S/C19H18BrNO2/c1-14-10-11-18(17(20)13-14)23-15(2)19(22)21-12-6-9-16-7-4-3-5-8-16/h3-5,7-8,10-11,13,15H,12H2,1-2H3,(H,21,22). The van der Waals surface area contributed by atoms with E-state index < -0.39 is 6.10 Å². The molecule has 118 valence electrons. The predicted molar refractivity (Wildman–Crippen MR) is 95.3 cm³/mol. The molecule has 0 aliphatic heterocycles. The van der Waals surface area contributed by atoms with Crippen LogP contribution >= 0.6 is 15.9 Å². The molecule has 0 aromatic heterocycles. The summed E-state index contributed by atoms with van der Waals surface area (Å²) >= 11 is 3.44. The van der Waals surface area contributed by atoms with E-state index in [0.29, 0.717) is 5.75 Å². The Labute approximate surface area is 145 Å². The van der Waals surface area contributed by atoms with Gasteiger partial charge in [0.05, 0.1) is 11.0 Å². The van der Waals surface area contributed by atoms with Crippen LogP contribution < -0.4 is 10.1 Å². The van der Waals surface area contributed by atoms with E-state index in [1.807, 2.05) is 55.5 Å². The van der Waals surface area contributed by atoms with Gasteiger partial charge < -0.3 is 10.1 Å². The first kappa shape index (κ1) is 17.1. The van der Waals surface area contributed by atoms with Gasteiger partial charge in [-0.3, -0.25) is 4.79 Å². The number of ether oxygens (including phenoxy) is 1. The largest absolute Gasteiger partial charge is 0.480 e. The number of amides is 1. The molecule has 2 rings (SSSR count). The van der Waals surface area contributed by atoms with E-state index in [0.717, 1.165) is 15.6 Å². The Kier molecular flexibility index (Phi) is 6.25. The summed E-state index contributed by atoms with van der Waals surface area (Å²) < 4.78 is 6.50. The van der Waals surface area contributed by atoms with Crippen molar-refractivity contribution in [2.24, 2.45) is 0 Å². The molecule has 1 N–H and O–H groups in total. The average Bonchev–Trinajstić information content (AvgIpc) is 2.55. The Bertz CT molecular complexity index is 732. The lowest BCUT2D eigenvalue weighted by Crippen LogP contribution is -2.36. The molecule has 0 aliphatic rings. The molecular formula is C19H18BrNO2. The number of hydrogen-bond acceptors (Lipinski definition) is 2. The third-order valence-electron chi connectivity index (χ3n) is 3.12. The molecule has 1 amide bonds. The minimum atomic E-state index is -0.590. The zero-order valence-electron chi connectivity index (χ0n) is 13.1. The Morgan fingerprint density at radius 2 is 2.00 bits per heavy atom. The molecule has 0 radical (unpaired) electrons. The summed E-state index contributed by atoms with van der Waals surface area (Å²) in [5, 5.41) is 2.75. The van der Waals surface area contributed by atoms with E-state index in [-0.39, 0.29) is 12.5 Å². The van der Waals surface area contributed by atoms with E-state index in [4.69, 9.17) is 4.74 Å². The van der Waals surface area contributed by atoms with Gasteiger partial charge in [-0.2, -0.15) is 0 Å². The van der Waals surface area contributed by atoms with Gasteiger partial charge in [0.15, 0.2) is 6.10 Å². The Balaban J connectivity index is 1.84. The van der Waals surface area contributed by atoms with Crippen molar-refractivity contribution in [3.63, 3.8) is 0 Å². The third kappa shape index (κ3) is 5.46. The van der Waals surface area contributed by atoms with Gasteiger partial charge in [-0.1, -0.05) is 36.1 Å². The maximum absolute atomic E-state index is 12.0. The van der Waals surface area contributed by atoms with Crippen LogP contribution in [0.3, 0.4) is 0 Å². The van der Waals surface area contributed by atoms with Crippen molar-refractivity contribution in [1.82, 2.24) is 5.32 Å². The fraction of sp³-hybridized carbons (Fsp3) is 0.211. The van der Waals surface area contributed by atoms with Crippen LogP contribution in [0.4, 0.5) is 0 Å². The van der Waals surface area contributed by atoms with E-state index in [9.17, 15) is 4.79 Å². The quantitative estimate of drug-likeness (QED) is 0.832. The Morgan fingerprint density at radius 3 is 2.70 bits per heavy atom. The van der Waals surface area contributed by atoms with Crippen LogP contribution in [0.25, 0.3) is 0 Å². The molecule has 0 spiro atoms. The average molecular weight is 372 g/mol. The van der Waals surface area contributed by atoms with Gasteiger partial charge in [0.2, 0.25) is 0 Å². The highest BCUT2D eigenvalue weighted by Crippen LogP contribution is 2.26. The minimum Gasteiger partial charge on any atom is -0.480 e. The number of nitrogens with one attached hydrogen (secondary N) is 1. The lowest BCUT2D eigenvalue weighted by atomic mass is 10.2. The second-order valence-corrected chi connectivity index (χ2v) is 5.93. The van der Waals surface area contributed by atoms with Crippen molar-refractivity contribution in [3.8, 4) is 17.6 Å². The molecule has 1 atom stereocenters. The zero-order valence-corrected chi connectivity index (χ0v) is 14.7. The summed E-state index contributed by atoms with van der Waals surface area (Å²) in [6.45, 7) is 4.00. The van der Waals surface area contributed by atoms with Gasteiger partial charge in [0.25, 0.3) is 5.91 Å². The summed E-state index contributed by atoms with van der Waals surface area (Å²) in [5.41, 5.74) is 2.05. The number of aryl methyl sites for hydroxylation is 1. The lowest BCUT2D eigenvalue weighted by Gasteiger charge is -2.15. The van der Waals surface area contributed by atoms with Crippen molar-refractivity contribution in [3.05, 3.63) is 64.1 Å². The van der Waals surface area contributed by atoms with Gasteiger partial charge in [-0.25, -0.2) is 0 Å². The highest BCUT2D eigenvalue weighted by molar-refractivity contribution is 9.10. The lowest BCUT2D eigenvalue weighted by molar-refractivity contribution is -0.127. The summed E-state index contributed by atoms with van der Waals surface area (Å²) in [5.74, 6) is 6.37. The Hall–Kier alpha value is -2.25. The molecule has 0 aliphatic carbocycles. The van der Waals surface area contributed by atoms with E-state index >= 15 is 0 Å². The molecule has 0 bridgehead atoms. The highest BCUT2D eigenvalue weighted by Gasteiger charge is 2.15. The van der Waals surface area contributed by atoms with Crippen molar-refractivity contribution >= 4 is 21.8 Å². The number of rotatable bonds is 4. The minimum absolute atomic E-state index is 0.195. The topological polar surface area (TPSA) is 38.3 Å². The maximum atomic E-state index is 12.0. The maximum Gasteiger partial charge on any atom is 0.261 e. The summed E-state index contributed by atoms with van der Waals surface area (Å²) in [7, 11) is 0. The molecule has 0 fully saturated rings. The van der Waals surface area contributed by atoms with E-state index in [1.54, 1.807) is 6.92 Å². The summed E-state index contributed by atoms with van der Waals surface area (Å²) in [4.78, 5) is 12.0. The highest BCUT2D eigenvalue weighted by atomic mass is 79.9. The fourth-order valence-electron chi connectivity index (χ4n) is 1.89. The van der Waals surface area contributed by atoms with Crippen LogP contribution in [0.15, 0.2) is 53.0 Å². The molecule has 0 saturated heterocycles.